The third-order valence-electron chi connectivity index (χ3n) is 3.06. The highest BCUT2D eigenvalue weighted by atomic mass is 16.3. The summed E-state index contributed by atoms with van der Waals surface area (Å²) in [6.45, 7) is 10.6. The van der Waals surface area contributed by atoms with Crippen molar-refractivity contribution in [2.45, 2.75) is 60.3 Å². The van der Waals surface area contributed by atoms with Crippen LogP contribution in [0.4, 0.5) is 0 Å². The van der Waals surface area contributed by atoms with Crippen molar-refractivity contribution in [3.05, 3.63) is 11.6 Å². The first-order valence-electron chi connectivity index (χ1n) is 6.33. The summed E-state index contributed by atoms with van der Waals surface area (Å²) in [5, 5.41) is 18.1. The maximum atomic E-state index is 9.04. The number of rotatable bonds is 6. The molecule has 0 fully saturated rings. The number of hydrogen-bond acceptors (Lipinski definition) is 2. The monoisotopic (exact) mass is 230 g/mol. The maximum absolute atomic E-state index is 9.04. The van der Waals surface area contributed by atoms with Gasteiger partial charge in [0.05, 0.1) is 13.2 Å². The number of aliphatic hydroxyl groups is 2. The summed E-state index contributed by atoms with van der Waals surface area (Å²) < 4.78 is 0. The van der Waals surface area contributed by atoms with Crippen molar-refractivity contribution >= 4 is 0 Å². The Labute approximate surface area is 101 Å². The Bertz CT molecular complexity index is 157. The van der Waals surface area contributed by atoms with Crippen LogP contribution in [0.3, 0.4) is 0 Å². The fourth-order valence-corrected chi connectivity index (χ4v) is 1.16. The van der Waals surface area contributed by atoms with Crippen LogP contribution in [0.2, 0.25) is 0 Å². The van der Waals surface area contributed by atoms with E-state index >= 15 is 0 Å². The maximum Gasteiger partial charge on any atom is 0.0509 e. The molecule has 2 N–H and O–H groups in total. The fourth-order valence-electron chi connectivity index (χ4n) is 1.16. The summed E-state index contributed by atoms with van der Waals surface area (Å²) in [5.41, 5.74) is 1.17. The smallest absolute Gasteiger partial charge is 0.0509 e. The van der Waals surface area contributed by atoms with Gasteiger partial charge in [-0.25, -0.2) is 0 Å². The minimum absolute atomic E-state index is 0.111. The fraction of sp³-hybridized carbons (Fsp3) is 0.857. The largest absolute Gasteiger partial charge is 0.396 e. The molecule has 0 amide bonds. The van der Waals surface area contributed by atoms with Crippen molar-refractivity contribution in [3.63, 3.8) is 0 Å². The van der Waals surface area contributed by atoms with E-state index in [4.69, 9.17) is 10.2 Å². The van der Waals surface area contributed by atoms with E-state index in [0.29, 0.717) is 0 Å². The predicted octanol–water partition coefficient (Wildman–Crippen LogP) is 3.53. The van der Waals surface area contributed by atoms with E-state index in [1.165, 1.54) is 5.57 Å². The second-order valence-electron chi connectivity index (χ2n) is 4.64. The van der Waals surface area contributed by atoms with Crippen molar-refractivity contribution in [3.8, 4) is 0 Å². The van der Waals surface area contributed by atoms with Gasteiger partial charge >= 0.3 is 0 Å². The van der Waals surface area contributed by atoms with Gasteiger partial charge in [-0.3, -0.25) is 0 Å². The van der Waals surface area contributed by atoms with Gasteiger partial charge in [-0.1, -0.05) is 38.3 Å². The van der Waals surface area contributed by atoms with Crippen LogP contribution in [0.5, 0.6) is 0 Å². The summed E-state index contributed by atoms with van der Waals surface area (Å²) in [6, 6.07) is 0. The second kappa shape index (κ2) is 11.2. The Morgan fingerprint density at radius 1 is 1.12 bits per heavy atom. The molecule has 0 aromatic rings. The lowest BCUT2D eigenvalue weighted by Crippen LogP contribution is -2.28. The molecule has 2 heteroatoms. The van der Waals surface area contributed by atoms with Crippen LogP contribution in [-0.2, 0) is 0 Å². The summed E-state index contributed by atoms with van der Waals surface area (Å²) >= 11 is 0. The minimum atomic E-state index is -0.212. The third-order valence-corrected chi connectivity index (χ3v) is 3.06. The van der Waals surface area contributed by atoms with Gasteiger partial charge in [-0.15, -0.1) is 0 Å². The van der Waals surface area contributed by atoms with Crippen LogP contribution in [0.25, 0.3) is 0 Å². The average molecular weight is 230 g/mol. The molecule has 0 heterocycles. The number of unbranched alkanes of at least 4 members (excludes halogenated alkanes) is 1. The van der Waals surface area contributed by atoms with Crippen molar-refractivity contribution < 1.29 is 10.2 Å². The molecule has 0 atom stereocenters. The molecular weight excluding hydrogens is 200 g/mol. The van der Waals surface area contributed by atoms with Gasteiger partial charge in [-0.05, 0) is 33.6 Å². The van der Waals surface area contributed by atoms with Gasteiger partial charge in [0, 0.05) is 5.41 Å². The van der Waals surface area contributed by atoms with Crippen LogP contribution in [-0.4, -0.2) is 23.4 Å². The van der Waals surface area contributed by atoms with Gasteiger partial charge in [0.1, 0.15) is 0 Å². The van der Waals surface area contributed by atoms with E-state index < -0.39 is 0 Å². The highest BCUT2D eigenvalue weighted by Gasteiger charge is 2.25. The molecule has 16 heavy (non-hydrogen) atoms. The Morgan fingerprint density at radius 3 is 1.75 bits per heavy atom. The number of allylic oxidation sites excluding steroid dienone is 2. The number of hydrogen-bond donors (Lipinski definition) is 2. The first kappa shape index (κ1) is 18.0. The standard InChI is InChI=1S/C9H20O2.C5H10/c1-3-5-6-9(4-2,7-10)8-11;1-4-5(2)3/h10-11H,3-8H2,1-2H3;4H,1-3H3. The normalized spacial score (nSPS) is 10.4. The van der Waals surface area contributed by atoms with Crippen LogP contribution >= 0.6 is 0 Å². The summed E-state index contributed by atoms with van der Waals surface area (Å²) in [4.78, 5) is 0. The summed E-state index contributed by atoms with van der Waals surface area (Å²) in [6.07, 6.45) is 6.10. The first-order valence-corrected chi connectivity index (χ1v) is 6.33. The molecule has 98 valence electrons. The molecule has 0 spiro atoms. The molecule has 0 aliphatic carbocycles. The molecule has 0 aliphatic heterocycles. The van der Waals surface area contributed by atoms with Crippen LogP contribution in [0, 0.1) is 5.41 Å². The van der Waals surface area contributed by atoms with E-state index in [-0.39, 0.29) is 18.6 Å². The van der Waals surface area contributed by atoms with Crippen LogP contribution < -0.4 is 0 Å². The summed E-state index contributed by atoms with van der Waals surface area (Å²) in [5.74, 6) is 0. The Kier molecular flexibility index (Phi) is 12.6. The lowest BCUT2D eigenvalue weighted by atomic mass is 9.82. The van der Waals surface area contributed by atoms with Gasteiger partial charge < -0.3 is 10.2 Å². The summed E-state index contributed by atoms with van der Waals surface area (Å²) in [7, 11) is 0. The van der Waals surface area contributed by atoms with E-state index in [1.54, 1.807) is 0 Å². The first-order chi connectivity index (χ1) is 7.51. The van der Waals surface area contributed by atoms with E-state index in [1.807, 2.05) is 13.8 Å². The minimum Gasteiger partial charge on any atom is -0.396 e. The van der Waals surface area contributed by atoms with Gasteiger partial charge in [-0.2, -0.15) is 0 Å². The zero-order chi connectivity index (χ0) is 13.0. The molecular formula is C14H30O2. The molecule has 0 saturated heterocycles. The molecule has 0 bridgehead atoms. The van der Waals surface area contributed by atoms with Crippen molar-refractivity contribution in [1.82, 2.24) is 0 Å². The highest BCUT2D eigenvalue weighted by Crippen LogP contribution is 2.27. The molecule has 0 unspecified atom stereocenters. The molecule has 0 aliphatic rings. The lowest BCUT2D eigenvalue weighted by Gasteiger charge is -2.27. The molecule has 0 radical (unpaired) electrons. The van der Waals surface area contributed by atoms with Gasteiger partial charge in [0.25, 0.3) is 0 Å². The van der Waals surface area contributed by atoms with Crippen LogP contribution in [0.15, 0.2) is 11.6 Å². The van der Waals surface area contributed by atoms with Gasteiger partial charge in [0.15, 0.2) is 0 Å². The molecule has 0 rings (SSSR count). The van der Waals surface area contributed by atoms with E-state index in [0.717, 1.165) is 25.7 Å². The quantitative estimate of drug-likeness (QED) is 0.685. The Balaban J connectivity index is 0. The van der Waals surface area contributed by atoms with Crippen molar-refractivity contribution in [1.29, 1.82) is 0 Å². The molecule has 0 saturated carbocycles. The van der Waals surface area contributed by atoms with Gasteiger partial charge in [0.2, 0.25) is 0 Å². The molecule has 0 aromatic heterocycles. The number of aliphatic hydroxyl groups excluding tert-OH is 2. The zero-order valence-electron chi connectivity index (χ0n) is 11.7. The van der Waals surface area contributed by atoms with Crippen molar-refractivity contribution in [2.75, 3.05) is 13.2 Å². The third kappa shape index (κ3) is 8.93. The second-order valence-corrected chi connectivity index (χ2v) is 4.64. The van der Waals surface area contributed by atoms with E-state index in [9.17, 15) is 0 Å². The Morgan fingerprint density at radius 2 is 1.56 bits per heavy atom. The molecule has 0 aromatic carbocycles. The zero-order valence-corrected chi connectivity index (χ0v) is 11.7. The average Bonchev–Trinajstić information content (AvgIpc) is 2.32. The Hall–Kier alpha value is -0.340. The SMILES string of the molecule is CC=C(C)C.CCCCC(CC)(CO)CO. The van der Waals surface area contributed by atoms with Crippen LogP contribution in [0.1, 0.15) is 60.3 Å². The van der Waals surface area contributed by atoms with E-state index in [2.05, 4.69) is 26.8 Å². The lowest BCUT2D eigenvalue weighted by molar-refractivity contribution is 0.0420. The highest BCUT2D eigenvalue weighted by molar-refractivity contribution is 4.88. The predicted molar refractivity (Wildman–Crippen MR) is 71.5 cm³/mol. The van der Waals surface area contributed by atoms with Crippen molar-refractivity contribution in [2.24, 2.45) is 5.41 Å². The topological polar surface area (TPSA) is 40.5 Å². The molecule has 2 nitrogen and oxygen atoms in total.